The molecule has 4 heteroatoms. The van der Waals surface area contributed by atoms with Crippen molar-refractivity contribution in [2.24, 2.45) is 11.8 Å². The lowest BCUT2D eigenvalue weighted by molar-refractivity contribution is 0.551. The van der Waals surface area contributed by atoms with Crippen molar-refractivity contribution < 1.29 is 0 Å². The molecular weight excluding hydrogens is 266 g/mol. The van der Waals surface area contributed by atoms with Crippen molar-refractivity contribution in [1.29, 1.82) is 0 Å². The van der Waals surface area contributed by atoms with Gasteiger partial charge in [-0.05, 0) is 24.8 Å². The van der Waals surface area contributed by atoms with Crippen LogP contribution in [0.1, 0.15) is 58.0 Å². The highest BCUT2D eigenvalue weighted by Crippen LogP contribution is 2.31. The molecule has 0 saturated heterocycles. The van der Waals surface area contributed by atoms with Gasteiger partial charge in [-0.1, -0.05) is 41.5 Å². The van der Waals surface area contributed by atoms with E-state index < -0.39 is 0 Å². The van der Waals surface area contributed by atoms with Crippen LogP contribution in [0.3, 0.4) is 0 Å². The lowest BCUT2D eigenvalue weighted by Gasteiger charge is -2.25. The van der Waals surface area contributed by atoms with Crippen molar-refractivity contribution in [3.8, 4) is 0 Å². The van der Waals surface area contributed by atoms with Crippen LogP contribution in [0.2, 0.25) is 0 Å². The Bertz CT molecular complexity index is 386. The van der Waals surface area contributed by atoms with Crippen LogP contribution in [-0.4, -0.2) is 25.1 Å². The average molecular weight is 298 g/mol. The number of anilines is 1. The van der Waals surface area contributed by atoms with Gasteiger partial charge in [0.05, 0.1) is 5.69 Å². The minimum atomic E-state index is 0.489. The number of hydrogen-bond donors (Lipinski definition) is 1. The van der Waals surface area contributed by atoms with E-state index in [4.69, 9.17) is 4.98 Å². The number of aromatic nitrogens is 1. The Labute approximate surface area is 128 Å². The van der Waals surface area contributed by atoms with Crippen molar-refractivity contribution in [1.82, 2.24) is 10.3 Å². The molecule has 0 radical (unpaired) electrons. The molecule has 1 aromatic rings. The standard InChI is InChI=1S/C16H31N3S/c1-11(2)9-19(10-12(3)4)16-18-15(13(5)6)14(20-16)8-17-7/h11-13,17H,8-10H2,1-7H3. The highest BCUT2D eigenvalue weighted by atomic mass is 32.1. The van der Waals surface area contributed by atoms with Crippen molar-refractivity contribution in [2.75, 3.05) is 25.0 Å². The molecule has 0 amide bonds. The average Bonchev–Trinajstić information content (AvgIpc) is 2.71. The van der Waals surface area contributed by atoms with Gasteiger partial charge in [0.15, 0.2) is 5.13 Å². The van der Waals surface area contributed by atoms with E-state index in [1.54, 1.807) is 0 Å². The summed E-state index contributed by atoms with van der Waals surface area (Å²) in [7, 11) is 2.00. The summed E-state index contributed by atoms with van der Waals surface area (Å²) in [5, 5.41) is 4.46. The number of nitrogens with one attached hydrogen (secondary N) is 1. The summed E-state index contributed by atoms with van der Waals surface area (Å²) in [6.45, 7) is 16.7. The van der Waals surface area contributed by atoms with Crippen LogP contribution in [0.25, 0.3) is 0 Å². The maximum absolute atomic E-state index is 4.94. The molecule has 0 unspecified atom stereocenters. The number of thiazole rings is 1. The summed E-state index contributed by atoms with van der Waals surface area (Å²) in [6.07, 6.45) is 0. The Morgan fingerprint density at radius 2 is 1.60 bits per heavy atom. The lowest BCUT2D eigenvalue weighted by Crippen LogP contribution is -2.31. The largest absolute Gasteiger partial charge is 0.348 e. The molecule has 0 fully saturated rings. The highest BCUT2D eigenvalue weighted by molar-refractivity contribution is 7.15. The van der Waals surface area contributed by atoms with Gasteiger partial charge in [0, 0.05) is 24.5 Å². The molecule has 20 heavy (non-hydrogen) atoms. The van der Waals surface area contributed by atoms with Crippen molar-refractivity contribution in [2.45, 2.75) is 54.0 Å². The summed E-state index contributed by atoms with van der Waals surface area (Å²) >= 11 is 1.86. The summed E-state index contributed by atoms with van der Waals surface area (Å²) in [4.78, 5) is 8.79. The van der Waals surface area contributed by atoms with Gasteiger partial charge in [-0.2, -0.15) is 0 Å². The first-order valence-corrected chi connectivity index (χ1v) is 8.55. The fourth-order valence-electron chi connectivity index (χ4n) is 2.34. The third-order valence-electron chi connectivity index (χ3n) is 3.04. The molecule has 0 spiro atoms. The van der Waals surface area contributed by atoms with Crippen LogP contribution in [0.5, 0.6) is 0 Å². The first-order chi connectivity index (χ1) is 9.35. The number of nitrogens with zero attached hydrogens (tertiary/aromatic N) is 2. The fourth-order valence-corrected chi connectivity index (χ4v) is 3.58. The van der Waals surface area contributed by atoms with Crippen LogP contribution in [0.4, 0.5) is 5.13 Å². The van der Waals surface area contributed by atoms with Crippen LogP contribution < -0.4 is 10.2 Å². The third-order valence-corrected chi connectivity index (χ3v) is 4.17. The molecule has 0 bridgehead atoms. The summed E-state index contributed by atoms with van der Waals surface area (Å²) < 4.78 is 0. The highest BCUT2D eigenvalue weighted by Gasteiger charge is 2.19. The Morgan fingerprint density at radius 1 is 1.05 bits per heavy atom. The maximum atomic E-state index is 4.94. The van der Waals surface area contributed by atoms with E-state index in [0.29, 0.717) is 17.8 Å². The third kappa shape index (κ3) is 5.06. The minimum Gasteiger partial charge on any atom is -0.348 e. The molecule has 0 saturated carbocycles. The zero-order valence-corrected chi connectivity index (χ0v) is 15.0. The molecular formula is C16H31N3S. The molecule has 1 N–H and O–H groups in total. The van der Waals surface area contributed by atoms with E-state index in [1.165, 1.54) is 15.7 Å². The fraction of sp³-hybridized carbons (Fsp3) is 0.812. The summed E-state index contributed by atoms with van der Waals surface area (Å²) in [5.74, 6) is 1.81. The molecule has 0 atom stereocenters. The van der Waals surface area contributed by atoms with E-state index in [1.807, 2.05) is 18.4 Å². The minimum absolute atomic E-state index is 0.489. The van der Waals surface area contributed by atoms with Gasteiger partial charge in [0.1, 0.15) is 0 Å². The molecule has 0 aromatic carbocycles. The molecule has 1 aromatic heterocycles. The summed E-state index contributed by atoms with van der Waals surface area (Å²) in [5.41, 5.74) is 1.26. The molecule has 3 nitrogen and oxygen atoms in total. The van der Waals surface area contributed by atoms with Gasteiger partial charge in [-0.3, -0.25) is 0 Å². The quantitative estimate of drug-likeness (QED) is 0.783. The maximum Gasteiger partial charge on any atom is 0.185 e. The van der Waals surface area contributed by atoms with Crippen LogP contribution in [0.15, 0.2) is 0 Å². The molecule has 116 valence electrons. The Kier molecular flexibility index (Phi) is 6.96. The predicted octanol–water partition coefficient (Wildman–Crippen LogP) is 4.10. The monoisotopic (exact) mass is 297 g/mol. The van der Waals surface area contributed by atoms with E-state index in [9.17, 15) is 0 Å². The van der Waals surface area contributed by atoms with Crippen LogP contribution in [-0.2, 0) is 6.54 Å². The predicted molar refractivity (Wildman–Crippen MR) is 90.9 cm³/mol. The first kappa shape index (κ1) is 17.4. The van der Waals surface area contributed by atoms with Gasteiger partial charge in [0.2, 0.25) is 0 Å². The van der Waals surface area contributed by atoms with Crippen molar-refractivity contribution in [3.05, 3.63) is 10.6 Å². The molecule has 1 heterocycles. The van der Waals surface area contributed by atoms with Gasteiger partial charge in [-0.15, -0.1) is 11.3 Å². The second-order valence-corrected chi connectivity index (χ2v) is 7.74. The van der Waals surface area contributed by atoms with E-state index in [0.717, 1.165) is 19.6 Å². The number of hydrogen-bond acceptors (Lipinski definition) is 4. The smallest absolute Gasteiger partial charge is 0.185 e. The molecule has 0 aliphatic rings. The topological polar surface area (TPSA) is 28.2 Å². The van der Waals surface area contributed by atoms with Gasteiger partial charge >= 0.3 is 0 Å². The van der Waals surface area contributed by atoms with Crippen LogP contribution >= 0.6 is 11.3 Å². The SMILES string of the molecule is CNCc1sc(N(CC(C)C)CC(C)C)nc1C(C)C. The molecule has 0 aliphatic heterocycles. The molecule has 1 rings (SSSR count). The van der Waals surface area contributed by atoms with Gasteiger partial charge < -0.3 is 10.2 Å². The van der Waals surface area contributed by atoms with Crippen molar-refractivity contribution >= 4 is 16.5 Å². The lowest BCUT2D eigenvalue weighted by atomic mass is 10.1. The van der Waals surface area contributed by atoms with Crippen molar-refractivity contribution in [3.63, 3.8) is 0 Å². The molecule has 0 aliphatic carbocycles. The van der Waals surface area contributed by atoms with E-state index in [-0.39, 0.29) is 0 Å². The van der Waals surface area contributed by atoms with Gasteiger partial charge in [-0.25, -0.2) is 4.98 Å². The zero-order valence-electron chi connectivity index (χ0n) is 14.2. The Morgan fingerprint density at radius 3 is 2.00 bits per heavy atom. The van der Waals surface area contributed by atoms with Crippen LogP contribution in [0, 0.1) is 11.8 Å². The van der Waals surface area contributed by atoms with E-state index in [2.05, 4.69) is 51.8 Å². The van der Waals surface area contributed by atoms with E-state index >= 15 is 0 Å². The Hall–Kier alpha value is -0.610. The summed E-state index contributed by atoms with van der Waals surface area (Å²) in [6, 6.07) is 0. The van der Waals surface area contributed by atoms with Gasteiger partial charge in [0.25, 0.3) is 0 Å². The Balaban J connectivity index is 3.02. The second-order valence-electron chi connectivity index (χ2n) is 6.68. The normalized spacial score (nSPS) is 11.9. The second kappa shape index (κ2) is 7.99. The first-order valence-electron chi connectivity index (χ1n) is 7.74. The zero-order chi connectivity index (χ0) is 15.3. The number of rotatable bonds is 8.